The lowest BCUT2D eigenvalue weighted by Gasteiger charge is -2.30. The van der Waals surface area contributed by atoms with Gasteiger partial charge in [-0.1, -0.05) is 153 Å². The molecule has 0 aliphatic heterocycles. The predicted molar refractivity (Wildman–Crippen MR) is 238 cm³/mol. The minimum atomic E-state index is -0.0632. The first-order valence-electron chi connectivity index (χ1n) is 19.4. The molecule has 0 saturated heterocycles. The van der Waals surface area contributed by atoms with E-state index in [1.807, 2.05) is 11.3 Å². The van der Waals surface area contributed by atoms with Crippen molar-refractivity contribution in [2.24, 2.45) is 0 Å². The maximum absolute atomic E-state index is 2.49. The summed E-state index contributed by atoms with van der Waals surface area (Å²) in [4.78, 5) is 2.49. The molecule has 0 N–H and O–H groups in total. The lowest BCUT2D eigenvalue weighted by molar-refractivity contribution is 0.654. The molecule has 262 valence electrons. The number of hydrogen-bond donors (Lipinski definition) is 0. The van der Waals surface area contributed by atoms with Crippen molar-refractivity contribution in [1.82, 2.24) is 0 Å². The third-order valence-electron chi connectivity index (χ3n) is 12.1. The number of rotatable bonds is 5. The number of allylic oxidation sites excluding steroid dienone is 4. The van der Waals surface area contributed by atoms with Crippen molar-refractivity contribution in [2.75, 3.05) is 4.90 Å². The monoisotopic (exact) mass is 721 g/mol. The van der Waals surface area contributed by atoms with Crippen LogP contribution in [0.4, 0.5) is 17.1 Å². The van der Waals surface area contributed by atoms with E-state index in [0.717, 1.165) is 24.2 Å². The van der Waals surface area contributed by atoms with Gasteiger partial charge in [0, 0.05) is 42.5 Å². The van der Waals surface area contributed by atoms with Crippen LogP contribution in [0.3, 0.4) is 0 Å². The first-order chi connectivity index (χ1) is 27.0. The van der Waals surface area contributed by atoms with Gasteiger partial charge in [0.25, 0.3) is 0 Å². The highest BCUT2D eigenvalue weighted by Gasteiger charge is 2.39. The van der Waals surface area contributed by atoms with Crippen LogP contribution in [0.25, 0.3) is 69.5 Å². The predicted octanol–water partition coefficient (Wildman–Crippen LogP) is 15.6. The Morgan fingerprint density at radius 2 is 1.18 bits per heavy atom. The van der Waals surface area contributed by atoms with Crippen LogP contribution in [0.1, 0.15) is 37.8 Å². The van der Waals surface area contributed by atoms with Gasteiger partial charge in [0.05, 0.1) is 5.69 Å². The van der Waals surface area contributed by atoms with E-state index >= 15 is 0 Å². The molecule has 2 heteroatoms. The summed E-state index contributed by atoms with van der Waals surface area (Å²) in [7, 11) is 0. The molecule has 0 fully saturated rings. The van der Waals surface area contributed by atoms with Gasteiger partial charge in [0.1, 0.15) is 0 Å². The largest absolute Gasteiger partial charge is 0.310 e. The van der Waals surface area contributed by atoms with E-state index in [1.54, 1.807) is 0 Å². The number of benzene rings is 8. The molecule has 2 aliphatic carbocycles. The molecule has 0 amide bonds. The van der Waals surface area contributed by atoms with Crippen LogP contribution in [0, 0.1) is 0 Å². The van der Waals surface area contributed by atoms with Crippen molar-refractivity contribution in [3.05, 3.63) is 193 Å². The zero-order valence-electron chi connectivity index (χ0n) is 31.0. The summed E-state index contributed by atoms with van der Waals surface area (Å²) in [6, 6.07) is 61.0. The van der Waals surface area contributed by atoms with Crippen molar-refractivity contribution in [1.29, 1.82) is 0 Å². The molecule has 9 aromatic rings. The number of thiophene rings is 1. The van der Waals surface area contributed by atoms with Gasteiger partial charge in [-0.2, -0.15) is 0 Å². The Balaban J connectivity index is 1.11. The Bertz CT molecular complexity index is 3060. The Labute approximate surface area is 326 Å². The fraction of sp³-hybridized carbons (Fsp3) is 0.0943. The molecule has 0 saturated carbocycles. The van der Waals surface area contributed by atoms with Gasteiger partial charge in [-0.25, -0.2) is 0 Å². The molecule has 0 spiro atoms. The number of nitrogens with zero attached hydrogens (tertiary/aromatic N) is 1. The van der Waals surface area contributed by atoms with E-state index in [4.69, 9.17) is 0 Å². The first-order valence-corrected chi connectivity index (χ1v) is 20.2. The topological polar surface area (TPSA) is 3.24 Å². The summed E-state index contributed by atoms with van der Waals surface area (Å²) >= 11 is 1.89. The van der Waals surface area contributed by atoms with Crippen LogP contribution in [0.5, 0.6) is 0 Å². The van der Waals surface area contributed by atoms with Crippen LogP contribution in [-0.2, 0) is 5.41 Å². The SMILES string of the molecule is CC1(C)C2=CCCC=C2c2ccc(N(c3ccc(-c4cccc5c4sc4ccccc45)cc3)c3ccccc3-c3cccc4c3ccc3ccccc34)cc21. The molecular formula is C53H39NS. The quantitative estimate of drug-likeness (QED) is 0.160. The second-order valence-electron chi connectivity index (χ2n) is 15.5. The zero-order valence-corrected chi connectivity index (χ0v) is 31.8. The van der Waals surface area contributed by atoms with E-state index in [1.165, 1.54) is 91.9 Å². The van der Waals surface area contributed by atoms with E-state index < -0.39 is 0 Å². The highest BCUT2D eigenvalue weighted by molar-refractivity contribution is 7.26. The van der Waals surface area contributed by atoms with Gasteiger partial charge in [0.15, 0.2) is 0 Å². The lowest BCUT2D eigenvalue weighted by Crippen LogP contribution is -2.17. The van der Waals surface area contributed by atoms with Crippen LogP contribution in [0.2, 0.25) is 0 Å². The van der Waals surface area contributed by atoms with Crippen molar-refractivity contribution < 1.29 is 0 Å². The number of para-hydroxylation sites is 1. The summed E-state index contributed by atoms with van der Waals surface area (Å²) < 4.78 is 2.67. The minimum Gasteiger partial charge on any atom is -0.310 e. The average molecular weight is 722 g/mol. The molecule has 1 nitrogen and oxygen atoms in total. The van der Waals surface area contributed by atoms with Gasteiger partial charge in [-0.15, -0.1) is 11.3 Å². The maximum Gasteiger partial charge on any atom is 0.0540 e. The minimum absolute atomic E-state index is 0.0632. The fourth-order valence-electron chi connectivity index (χ4n) is 9.45. The van der Waals surface area contributed by atoms with Gasteiger partial charge in [0.2, 0.25) is 0 Å². The van der Waals surface area contributed by atoms with Crippen LogP contribution in [0.15, 0.2) is 182 Å². The van der Waals surface area contributed by atoms with Crippen LogP contribution < -0.4 is 4.90 Å². The maximum atomic E-state index is 2.49. The van der Waals surface area contributed by atoms with Crippen molar-refractivity contribution in [3.63, 3.8) is 0 Å². The third kappa shape index (κ3) is 4.98. The van der Waals surface area contributed by atoms with E-state index in [-0.39, 0.29) is 5.41 Å². The summed E-state index contributed by atoms with van der Waals surface area (Å²) in [5.41, 5.74) is 14.0. The summed E-state index contributed by atoms with van der Waals surface area (Å²) in [5, 5.41) is 7.74. The smallest absolute Gasteiger partial charge is 0.0540 e. The average Bonchev–Trinajstić information content (AvgIpc) is 3.73. The summed E-state index contributed by atoms with van der Waals surface area (Å²) in [5.74, 6) is 0. The Morgan fingerprint density at radius 3 is 2.07 bits per heavy atom. The fourth-order valence-corrected chi connectivity index (χ4v) is 10.7. The molecule has 1 aromatic heterocycles. The van der Waals surface area contributed by atoms with Gasteiger partial charge >= 0.3 is 0 Å². The molecule has 0 atom stereocenters. The van der Waals surface area contributed by atoms with E-state index in [2.05, 4.69) is 195 Å². The van der Waals surface area contributed by atoms with Gasteiger partial charge in [-0.3, -0.25) is 0 Å². The van der Waals surface area contributed by atoms with Gasteiger partial charge < -0.3 is 4.90 Å². The molecule has 2 aliphatic rings. The molecule has 1 heterocycles. The molecule has 55 heavy (non-hydrogen) atoms. The molecule has 0 bridgehead atoms. The molecule has 11 rings (SSSR count). The number of anilines is 3. The van der Waals surface area contributed by atoms with Gasteiger partial charge in [-0.05, 0) is 110 Å². The first kappa shape index (κ1) is 32.2. The van der Waals surface area contributed by atoms with E-state index in [9.17, 15) is 0 Å². The highest BCUT2D eigenvalue weighted by Crippen LogP contribution is 2.53. The third-order valence-corrected chi connectivity index (χ3v) is 13.3. The number of hydrogen-bond acceptors (Lipinski definition) is 2. The molecule has 0 radical (unpaired) electrons. The highest BCUT2D eigenvalue weighted by atomic mass is 32.1. The standard InChI is InChI=1S/C53H39NS/c1-53(2)48-22-8-5-15-43(48)44-32-30-37(33-49(44)53)54(36-28-25-35(26-29-36)39-18-11-21-47-46-17-7-10-24-51(46)55-52(39)47)50-23-9-6-16-45(50)41-20-12-19-40-38-14-4-3-13-34(38)27-31-42(40)41/h3-4,6-7,9-33H,5,8H2,1-2H3. The zero-order chi connectivity index (χ0) is 36.7. The van der Waals surface area contributed by atoms with Crippen molar-refractivity contribution >= 4 is 75.7 Å². The summed E-state index contributed by atoms with van der Waals surface area (Å²) in [6.07, 6.45) is 7.15. The van der Waals surface area contributed by atoms with Crippen LogP contribution in [-0.4, -0.2) is 0 Å². The van der Waals surface area contributed by atoms with Crippen molar-refractivity contribution in [3.8, 4) is 22.3 Å². The Kier molecular flexibility index (Phi) is 7.27. The second kappa shape index (κ2) is 12.4. The second-order valence-corrected chi connectivity index (χ2v) is 16.6. The summed E-state index contributed by atoms with van der Waals surface area (Å²) in [6.45, 7) is 4.80. The van der Waals surface area contributed by atoms with E-state index in [0.29, 0.717) is 0 Å². The molecular weight excluding hydrogens is 683 g/mol. The van der Waals surface area contributed by atoms with Crippen molar-refractivity contribution in [2.45, 2.75) is 32.1 Å². The molecule has 0 unspecified atom stereocenters. The normalized spacial score (nSPS) is 14.6. The van der Waals surface area contributed by atoms with Crippen LogP contribution >= 0.6 is 11.3 Å². The number of fused-ring (bicyclic) bond motifs is 9. The Hall–Kier alpha value is -6.22. The lowest BCUT2D eigenvalue weighted by atomic mass is 9.80. The Morgan fingerprint density at radius 1 is 0.491 bits per heavy atom. The molecule has 8 aromatic carbocycles.